The molecule has 0 radical (unpaired) electrons. The first-order valence-corrected chi connectivity index (χ1v) is 6.03. The summed E-state index contributed by atoms with van der Waals surface area (Å²) >= 11 is 0. The topological polar surface area (TPSA) is 29.1 Å². The van der Waals surface area contributed by atoms with Crippen molar-refractivity contribution in [2.75, 3.05) is 13.1 Å². The summed E-state index contributed by atoms with van der Waals surface area (Å²) in [4.78, 5) is 12.2. The van der Waals surface area contributed by atoms with Gasteiger partial charge >= 0.3 is 0 Å². The molecule has 1 N–H and O–H groups in total. The molecular formula is C12H21NO. The second-order valence-corrected chi connectivity index (χ2v) is 4.98. The lowest BCUT2D eigenvalue weighted by molar-refractivity contribution is -0.128. The van der Waals surface area contributed by atoms with E-state index in [9.17, 15) is 4.79 Å². The maximum absolute atomic E-state index is 12.2. The van der Waals surface area contributed by atoms with Gasteiger partial charge in [-0.1, -0.05) is 26.2 Å². The molecule has 0 aromatic carbocycles. The average Bonchev–Trinajstić information content (AvgIpc) is 2.65. The maximum atomic E-state index is 12.2. The summed E-state index contributed by atoms with van der Waals surface area (Å²) in [6, 6.07) is 0. The van der Waals surface area contributed by atoms with E-state index in [1.54, 1.807) is 0 Å². The lowest BCUT2D eigenvalue weighted by Crippen LogP contribution is -2.29. The van der Waals surface area contributed by atoms with Gasteiger partial charge in [-0.25, -0.2) is 0 Å². The van der Waals surface area contributed by atoms with Gasteiger partial charge in [0.15, 0.2) is 0 Å². The smallest absolute Gasteiger partial charge is 0.140 e. The zero-order valence-corrected chi connectivity index (χ0v) is 9.09. The van der Waals surface area contributed by atoms with Crippen LogP contribution < -0.4 is 5.32 Å². The highest BCUT2D eigenvalue weighted by molar-refractivity contribution is 5.84. The van der Waals surface area contributed by atoms with Crippen LogP contribution in [0.15, 0.2) is 0 Å². The van der Waals surface area contributed by atoms with Crippen molar-refractivity contribution < 1.29 is 4.79 Å². The molecule has 1 saturated heterocycles. The van der Waals surface area contributed by atoms with Gasteiger partial charge in [0, 0.05) is 18.4 Å². The summed E-state index contributed by atoms with van der Waals surface area (Å²) in [6.07, 6.45) is 6.18. The van der Waals surface area contributed by atoms with E-state index in [0.29, 0.717) is 23.5 Å². The summed E-state index contributed by atoms with van der Waals surface area (Å²) in [7, 11) is 0. The van der Waals surface area contributed by atoms with Crippen molar-refractivity contribution in [3.63, 3.8) is 0 Å². The Labute approximate surface area is 86.5 Å². The van der Waals surface area contributed by atoms with Crippen molar-refractivity contribution in [2.24, 2.45) is 17.8 Å². The second-order valence-electron chi connectivity index (χ2n) is 4.98. The van der Waals surface area contributed by atoms with Crippen molar-refractivity contribution >= 4 is 5.78 Å². The molecule has 0 spiro atoms. The monoisotopic (exact) mass is 195 g/mol. The SMILES string of the molecule is CC1CNCC1C(=O)C1CCCCC1. The van der Waals surface area contributed by atoms with Gasteiger partial charge in [0.05, 0.1) is 0 Å². The van der Waals surface area contributed by atoms with Crippen LogP contribution >= 0.6 is 0 Å². The maximum Gasteiger partial charge on any atom is 0.140 e. The Morgan fingerprint density at radius 3 is 2.43 bits per heavy atom. The molecule has 0 amide bonds. The van der Waals surface area contributed by atoms with E-state index in [4.69, 9.17) is 0 Å². The predicted octanol–water partition coefficient (Wildman–Crippen LogP) is 1.99. The Hall–Kier alpha value is -0.370. The van der Waals surface area contributed by atoms with Crippen LogP contribution in [0.4, 0.5) is 0 Å². The minimum absolute atomic E-state index is 0.318. The van der Waals surface area contributed by atoms with Crippen LogP contribution in [0.2, 0.25) is 0 Å². The first-order chi connectivity index (χ1) is 6.79. The molecular weight excluding hydrogens is 174 g/mol. The van der Waals surface area contributed by atoms with E-state index < -0.39 is 0 Å². The number of Topliss-reactive ketones (excluding diaryl/α,β-unsaturated/α-hetero) is 1. The Morgan fingerprint density at radius 1 is 1.14 bits per heavy atom. The standard InChI is InChI=1S/C12H21NO/c1-9-7-13-8-11(9)12(14)10-5-3-2-4-6-10/h9-11,13H,2-8H2,1H3. The van der Waals surface area contributed by atoms with E-state index in [0.717, 1.165) is 25.9 Å². The number of hydrogen-bond donors (Lipinski definition) is 1. The first-order valence-electron chi connectivity index (χ1n) is 6.03. The second kappa shape index (κ2) is 4.43. The van der Waals surface area contributed by atoms with Crippen molar-refractivity contribution in [1.29, 1.82) is 0 Å². The van der Waals surface area contributed by atoms with Gasteiger partial charge in [-0.05, 0) is 25.3 Å². The van der Waals surface area contributed by atoms with Crippen molar-refractivity contribution in [3.05, 3.63) is 0 Å². The fourth-order valence-electron chi connectivity index (χ4n) is 2.88. The molecule has 1 heterocycles. The minimum atomic E-state index is 0.318. The van der Waals surface area contributed by atoms with Gasteiger partial charge in [0.2, 0.25) is 0 Å². The summed E-state index contributed by atoms with van der Waals surface area (Å²) < 4.78 is 0. The van der Waals surface area contributed by atoms with Gasteiger partial charge in [-0.2, -0.15) is 0 Å². The highest BCUT2D eigenvalue weighted by atomic mass is 16.1. The number of ketones is 1. The molecule has 80 valence electrons. The van der Waals surface area contributed by atoms with Gasteiger partial charge in [-0.15, -0.1) is 0 Å². The van der Waals surface area contributed by atoms with Crippen LogP contribution in [0.3, 0.4) is 0 Å². The fraction of sp³-hybridized carbons (Fsp3) is 0.917. The molecule has 0 aromatic rings. The zero-order chi connectivity index (χ0) is 9.97. The number of hydrogen-bond acceptors (Lipinski definition) is 2. The Balaban J connectivity index is 1.92. The van der Waals surface area contributed by atoms with Crippen LogP contribution in [-0.4, -0.2) is 18.9 Å². The molecule has 0 aromatic heterocycles. The van der Waals surface area contributed by atoms with E-state index in [1.165, 1.54) is 19.3 Å². The van der Waals surface area contributed by atoms with Crippen LogP contribution in [0.25, 0.3) is 0 Å². The largest absolute Gasteiger partial charge is 0.316 e. The van der Waals surface area contributed by atoms with Crippen LogP contribution in [0.5, 0.6) is 0 Å². The third-order valence-electron chi connectivity index (χ3n) is 3.89. The van der Waals surface area contributed by atoms with E-state index in [-0.39, 0.29) is 0 Å². The molecule has 0 bridgehead atoms. The molecule has 14 heavy (non-hydrogen) atoms. The molecule has 2 atom stereocenters. The minimum Gasteiger partial charge on any atom is -0.316 e. The average molecular weight is 195 g/mol. The normalized spacial score (nSPS) is 34.6. The van der Waals surface area contributed by atoms with Crippen molar-refractivity contribution in [2.45, 2.75) is 39.0 Å². The van der Waals surface area contributed by atoms with Crippen molar-refractivity contribution in [3.8, 4) is 0 Å². The highest BCUT2D eigenvalue weighted by Crippen LogP contribution is 2.29. The number of carbonyl (C=O) groups excluding carboxylic acids is 1. The van der Waals surface area contributed by atoms with Gasteiger partial charge in [-0.3, -0.25) is 4.79 Å². The summed E-state index contributed by atoms with van der Waals surface area (Å²) in [5, 5.41) is 3.32. The zero-order valence-electron chi connectivity index (χ0n) is 9.09. The molecule has 2 heteroatoms. The van der Waals surface area contributed by atoms with E-state index in [1.807, 2.05) is 0 Å². The Kier molecular flexibility index (Phi) is 3.22. The van der Waals surface area contributed by atoms with Crippen LogP contribution in [0, 0.1) is 17.8 Å². The molecule has 1 saturated carbocycles. The lowest BCUT2D eigenvalue weighted by Gasteiger charge is -2.24. The highest BCUT2D eigenvalue weighted by Gasteiger charge is 2.34. The molecule has 2 unspecified atom stereocenters. The molecule has 2 fully saturated rings. The third-order valence-corrected chi connectivity index (χ3v) is 3.89. The van der Waals surface area contributed by atoms with E-state index >= 15 is 0 Å². The van der Waals surface area contributed by atoms with E-state index in [2.05, 4.69) is 12.2 Å². The first kappa shape index (κ1) is 10.2. The molecule has 2 aliphatic rings. The fourth-order valence-corrected chi connectivity index (χ4v) is 2.88. The quantitative estimate of drug-likeness (QED) is 0.730. The van der Waals surface area contributed by atoms with Crippen molar-refractivity contribution in [1.82, 2.24) is 5.32 Å². The molecule has 2 rings (SSSR count). The molecule has 1 aliphatic carbocycles. The summed E-state index contributed by atoms with van der Waals surface area (Å²) in [5.74, 6) is 1.83. The number of nitrogens with one attached hydrogen (secondary N) is 1. The van der Waals surface area contributed by atoms with Crippen LogP contribution in [0.1, 0.15) is 39.0 Å². The predicted molar refractivity (Wildman–Crippen MR) is 57.1 cm³/mol. The number of carbonyl (C=O) groups is 1. The summed E-state index contributed by atoms with van der Waals surface area (Å²) in [6.45, 7) is 4.16. The summed E-state index contributed by atoms with van der Waals surface area (Å²) in [5.41, 5.74) is 0. The Morgan fingerprint density at radius 2 is 1.86 bits per heavy atom. The molecule has 1 aliphatic heterocycles. The van der Waals surface area contributed by atoms with Crippen LogP contribution in [-0.2, 0) is 4.79 Å². The third kappa shape index (κ3) is 2.00. The van der Waals surface area contributed by atoms with Gasteiger partial charge in [0.1, 0.15) is 5.78 Å². The van der Waals surface area contributed by atoms with Gasteiger partial charge in [0.25, 0.3) is 0 Å². The van der Waals surface area contributed by atoms with Gasteiger partial charge < -0.3 is 5.32 Å². The molecule has 2 nitrogen and oxygen atoms in total. The lowest BCUT2D eigenvalue weighted by atomic mass is 9.79. The Bertz CT molecular complexity index is 208. The number of rotatable bonds is 2.